The highest BCUT2D eigenvalue weighted by Gasteiger charge is 2.36. The average molecular weight is 284 g/mol. The maximum Gasteiger partial charge on any atom is 0.328 e. The highest BCUT2D eigenvalue weighted by molar-refractivity contribution is 5.82. The first kappa shape index (κ1) is 15.1. The van der Waals surface area contributed by atoms with Crippen molar-refractivity contribution >= 4 is 12.0 Å². The van der Waals surface area contributed by atoms with Gasteiger partial charge in [-0.15, -0.1) is 0 Å². The van der Waals surface area contributed by atoms with Crippen LogP contribution in [0.1, 0.15) is 38.5 Å². The second kappa shape index (κ2) is 6.92. The van der Waals surface area contributed by atoms with E-state index < -0.39 is 12.0 Å². The standard InChI is InChI=1S/C14H24N2O4/c1-20-9-11(13(17)18)15-14(19)16-8-4-6-10-5-2-3-7-12(10)16/h10-12H,2-9H2,1H3,(H,15,19)(H,17,18)/t10-,11?,12-/m1/s1. The number of aliphatic carboxylic acids is 1. The number of likely N-dealkylation sites (tertiary alicyclic amines) is 1. The van der Waals surface area contributed by atoms with Gasteiger partial charge in [0.05, 0.1) is 6.61 Å². The van der Waals surface area contributed by atoms with Crippen molar-refractivity contribution in [1.29, 1.82) is 0 Å². The van der Waals surface area contributed by atoms with Crippen molar-refractivity contribution in [3.8, 4) is 0 Å². The Morgan fingerprint density at radius 3 is 2.70 bits per heavy atom. The third-order valence-corrected chi connectivity index (χ3v) is 4.43. The zero-order valence-electron chi connectivity index (χ0n) is 12.0. The lowest BCUT2D eigenvalue weighted by molar-refractivity contribution is -0.140. The first-order valence-electron chi connectivity index (χ1n) is 7.42. The zero-order valence-corrected chi connectivity index (χ0v) is 12.0. The van der Waals surface area contributed by atoms with Crippen LogP contribution < -0.4 is 5.32 Å². The number of piperidine rings is 1. The molecule has 3 atom stereocenters. The fraction of sp³-hybridized carbons (Fsp3) is 0.857. The van der Waals surface area contributed by atoms with Crippen LogP contribution in [0.2, 0.25) is 0 Å². The van der Waals surface area contributed by atoms with Crippen LogP contribution in [0.5, 0.6) is 0 Å². The van der Waals surface area contributed by atoms with Crippen LogP contribution >= 0.6 is 0 Å². The maximum atomic E-state index is 12.3. The SMILES string of the molecule is COCC(NC(=O)N1CCC[C@H]2CCCC[C@H]21)C(=O)O. The predicted molar refractivity (Wildman–Crippen MR) is 73.5 cm³/mol. The molecule has 0 aromatic heterocycles. The van der Waals surface area contributed by atoms with Crippen molar-refractivity contribution in [3.63, 3.8) is 0 Å². The Kier molecular flexibility index (Phi) is 5.23. The molecule has 0 aromatic rings. The number of rotatable bonds is 4. The number of urea groups is 1. The number of hydrogen-bond acceptors (Lipinski definition) is 3. The first-order valence-corrected chi connectivity index (χ1v) is 7.42. The number of amides is 2. The Morgan fingerprint density at radius 2 is 2.00 bits per heavy atom. The molecule has 114 valence electrons. The van der Waals surface area contributed by atoms with Gasteiger partial charge in [0.2, 0.25) is 0 Å². The first-order chi connectivity index (χ1) is 9.63. The van der Waals surface area contributed by atoms with Gasteiger partial charge >= 0.3 is 12.0 Å². The number of nitrogens with zero attached hydrogens (tertiary/aromatic N) is 1. The minimum Gasteiger partial charge on any atom is -0.480 e. The van der Waals surface area contributed by atoms with Crippen LogP contribution in [0.25, 0.3) is 0 Å². The molecule has 6 heteroatoms. The summed E-state index contributed by atoms with van der Waals surface area (Å²) in [7, 11) is 1.43. The van der Waals surface area contributed by atoms with Gasteiger partial charge in [-0.3, -0.25) is 0 Å². The van der Waals surface area contributed by atoms with Crippen molar-refractivity contribution in [2.24, 2.45) is 5.92 Å². The van der Waals surface area contributed by atoms with Gasteiger partial charge in [-0.05, 0) is 31.6 Å². The van der Waals surface area contributed by atoms with Crippen molar-refractivity contribution in [3.05, 3.63) is 0 Å². The molecular weight excluding hydrogens is 260 g/mol. The van der Waals surface area contributed by atoms with Crippen LogP contribution in [0.4, 0.5) is 4.79 Å². The predicted octanol–water partition coefficient (Wildman–Crippen LogP) is 1.45. The number of methoxy groups -OCH3 is 1. The van der Waals surface area contributed by atoms with E-state index in [4.69, 9.17) is 9.84 Å². The number of carbonyl (C=O) groups is 2. The molecule has 1 saturated heterocycles. The molecule has 2 rings (SSSR count). The van der Waals surface area contributed by atoms with E-state index in [1.165, 1.54) is 26.4 Å². The van der Waals surface area contributed by atoms with Crippen LogP contribution in [0, 0.1) is 5.92 Å². The van der Waals surface area contributed by atoms with E-state index in [-0.39, 0.29) is 18.7 Å². The summed E-state index contributed by atoms with van der Waals surface area (Å²) in [6, 6.07) is -0.947. The lowest BCUT2D eigenvalue weighted by atomic mass is 9.78. The molecule has 0 bridgehead atoms. The third kappa shape index (κ3) is 3.42. The summed E-state index contributed by atoms with van der Waals surface area (Å²) in [5, 5.41) is 11.7. The number of fused-ring (bicyclic) bond motifs is 1. The number of carbonyl (C=O) groups excluding carboxylic acids is 1. The number of ether oxygens (including phenoxy) is 1. The van der Waals surface area contributed by atoms with Gasteiger partial charge in [0, 0.05) is 19.7 Å². The molecule has 20 heavy (non-hydrogen) atoms. The molecule has 0 radical (unpaired) electrons. The summed E-state index contributed by atoms with van der Waals surface area (Å²) in [5.41, 5.74) is 0. The van der Waals surface area contributed by atoms with E-state index in [2.05, 4.69) is 5.32 Å². The normalized spacial score (nSPS) is 27.6. The van der Waals surface area contributed by atoms with E-state index >= 15 is 0 Å². The molecule has 0 aromatic carbocycles. The van der Waals surface area contributed by atoms with Gasteiger partial charge in [-0.2, -0.15) is 0 Å². The molecule has 1 heterocycles. The Labute approximate surface area is 119 Å². The summed E-state index contributed by atoms with van der Waals surface area (Å²) in [6.07, 6.45) is 6.84. The second-order valence-corrected chi connectivity index (χ2v) is 5.74. The summed E-state index contributed by atoms with van der Waals surface area (Å²) in [6.45, 7) is 0.718. The molecule has 1 aliphatic heterocycles. The molecule has 1 saturated carbocycles. The highest BCUT2D eigenvalue weighted by atomic mass is 16.5. The third-order valence-electron chi connectivity index (χ3n) is 4.43. The van der Waals surface area contributed by atoms with Crippen molar-refractivity contribution in [2.75, 3.05) is 20.3 Å². The van der Waals surface area contributed by atoms with Crippen LogP contribution in [0.3, 0.4) is 0 Å². The fourth-order valence-electron chi connectivity index (χ4n) is 3.45. The Morgan fingerprint density at radius 1 is 1.30 bits per heavy atom. The van der Waals surface area contributed by atoms with E-state index in [0.29, 0.717) is 5.92 Å². The smallest absolute Gasteiger partial charge is 0.328 e. The molecule has 2 amide bonds. The van der Waals surface area contributed by atoms with Gasteiger partial charge in [0.25, 0.3) is 0 Å². The Bertz CT molecular complexity index is 359. The van der Waals surface area contributed by atoms with Gasteiger partial charge in [-0.25, -0.2) is 9.59 Å². The summed E-state index contributed by atoms with van der Waals surface area (Å²) < 4.78 is 4.85. The maximum absolute atomic E-state index is 12.3. The largest absolute Gasteiger partial charge is 0.480 e. The van der Waals surface area contributed by atoms with Gasteiger partial charge in [0.15, 0.2) is 6.04 Å². The zero-order chi connectivity index (χ0) is 14.5. The minimum atomic E-state index is -1.06. The minimum absolute atomic E-state index is 0.0109. The molecule has 2 N–H and O–H groups in total. The van der Waals surface area contributed by atoms with Gasteiger partial charge in [0.1, 0.15) is 0 Å². The van der Waals surface area contributed by atoms with E-state index in [9.17, 15) is 9.59 Å². The Balaban J connectivity index is 1.97. The topological polar surface area (TPSA) is 78.9 Å². The molecule has 2 fully saturated rings. The quantitative estimate of drug-likeness (QED) is 0.819. The number of carboxylic acids is 1. The highest BCUT2D eigenvalue weighted by Crippen LogP contribution is 2.35. The number of carboxylic acid groups (broad SMARTS) is 1. The van der Waals surface area contributed by atoms with Gasteiger partial charge < -0.3 is 20.1 Å². The van der Waals surface area contributed by atoms with E-state index in [0.717, 1.165) is 25.8 Å². The number of nitrogens with one attached hydrogen (secondary N) is 1. The number of hydrogen-bond donors (Lipinski definition) is 2. The lowest BCUT2D eigenvalue weighted by Gasteiger charge is -2.44. The van der Waals surface area contributed by atoms with Crippen LogP contribution in [0.15, 0.2) is 0 Å². The summed E-state index contributed by atoms with van der Waals surface area (Å²) in [4.78, 5) is 25.3. The van der Waals surface area contributed by atoms with Crippen molar-refractivity contribution in [1.82, 2.24) is 10.2 Å². The molecule has 2 aliphatic rings. The van der Waals surface area contributed by atoms with E-state index in [1.54, 1.807) is 0 Å². The van der Waals surface area contributed by atoms with Crippen molar-refractivity contribution in [2.45, 2.75) is 50.6 Å². The van der Waals surface area contributed by atoms with Gasteiger partial charge in [-0.1, -0.05) is 12.8 Å². The summed E-state index contributed by atoms with van der Waals surface area (Å²) in [5.74, 6) is -0.466. The molecule has 0 spiro atoms. The summed E-state index contributed by atoms with van der Waals surface area (Å²) >= 11 is 0. The van der Waals surface area contributed by atoms with E-state index in [1.807, 2.05) is 4.90 Å². The molecule has 6 nitrogen and oxygen atoms in total. The van der Waals surface area contributed by atoms with Crippen molar-refractivity contribution < 1.29 is 19.4 Å². The molecule has 1 aliphatic carbocycles. The second-order valence-electron chi connectivity index (χ2n) is 5.74. The fourth-order valence-corrected chi connectivity index (χ4v) is 3.45. The molecular formula is C14H24N2O4. The molecule has 1 unspecified atom stereocenters. The lowest BCUT2D eigenvalue weighted by Crippen LogP contribution is -2.56. The Hall–Kier alpha value is -1.30. The average Bonchev–Trinajstić information content (AvgIpc) is 2.46. The monoisotopic (exact) mass is 284 g/mol. The van der Waals surface area contributed by atoms with Crippen LogP contribution in [-0.4, -0.2) is 54.4 Å². The van der Waals surface area contributed by atoms with Crippen LogP contribution in [-0.2, 0) is 9.53 Å².